The Kier molecular flexibility index (Phi) is 8.48. The fourth-order valence-corrected chi connectivity index (χ4v) is 3.22. The lowest BCUT2D eigenvalue weighted by atomic mass is 10.1. The third kappa shape index (κ3) is 5.81. The zero-order valence-electron chi connectivity index (χ0n) is 16.8. The van der Waals surface area contributed by atoms with Crippen LogP contribution < -0.4 is 4.74 Å². The molecule has 0 atom stereocenters. The van der Waals surface area contributed by atoms with Crippen LogP contribution in [0.3, 0.4) is 0 Å². The van der Waals surface area contributed by atoms with Gasteiger partial charge in [-0.2, -0.15) is 5.10 Å². The number of nitrogens with zero attached hydrogens (tertiary/aromatic N) is 4. The zero-order chi connectivity index (χ0) is 19.1. The molecule has 0 amide bonds. The van der Waals surface area contributed by atoms with Crippen molar-refractivity contribution in [2.24, 2.45) is 0 Å². The highest BCUT2D eigenvalue weighted by Crippen LogP contribution is 2.18. The summed E-state index contributed by atoms with van der Waals surface area (Å²) in [6.07, 6.45) is 6.81. The molecule has 1 aromatic carbocycles. The van der Waals surface area contributed by atoms with E-state index < -0.39 is 0 Å². The van der Waals surface area contributed by atoms with Gasteiger partial charge in [0.25, 0.3) is 0 Å². The number of hydrogen-bond acceptors (Lipinski definition) is 4. The summed E-state index contributed by atoms with van der Waals surface area (Å²) in [6.45, 7) is 7.91. The quantitative estimate of drug-likeness (QED) is 0.525. The molecule has 150 valence electrons. The lowest BCUT2D eigenvalue weighted by molar-refractivity contribution is 0.247. The molecule has 0 fully saturated rings. The smallest absolute Gasteiger partial charge is 0.118 e. The zero-order valence-corrected chi connectivity index (χ0v) is 17.7. The number of aromatic nitrogens is 3. The van der Waals surface area contributed by atoms with Gasteiger partial charge in [0.1, 0.15) is 5.75 Å². The van der Waals surface area contributed by atoms with Crippen LogP contribution in [0.1, 0.15) is 35.7 Å². The number of halogens is 1. The van der Waals surface area contributed by atoms with Gasteiger partial charge in [0.2, 0.25) is 0 Å². The molecule has 3 aromatic rings. The van der Waals surface area contributed by atoms with Crippen molar-refractivity contribution in [1.29, 1.82) is 0 Å². The molecule has 0 radical (unpaired) electrons. The third-order valence-corrected chi connectivity index (χ3v) is 4.75. The Morgan fingerprint density at radius 2 is 1.61 bits per heavy atom. The van der Waals surface area contributed by atoms with Crippen molar-refractivity contribution in [3.8, 4) is 5.75 Å². The molecule has 3 rings (SSSR count). The van der Waals surface area contributed by atoms with E-state index >= 15 is 0 Å². The Morgan fingerprint density at radius 3 is 2.21 bits per heavy atom. The van der Waals surface area contributed by atoms with Crippen LogP contribution in [0.4, 0.5) is 0 Å². The van der Waals surface area contributed by atoms with Gasteiger partial charge in [-0.1, -0.05) is 19.1 Å². The summed E-state index contributed by atoms with van der Waals surface area (Å²) in [5, 5.41) is 4.56. The summed E-state index contributed by atoms with van der Waals surface area (Å²) in [7, 11) is 1.70. The second-order valence-electron chi connectivity index (χ2n) is 6.83. The van der Waals surface area contributed by atoms with Crippen molar-refractivity contribution in [2.45, 2.75) is 46.4 Å². The first-order valence-corrected chi connectivity index (χ1v) is 9.45. The first-order chi connectivity index (χ1) is 13.2. The van der Waals surface area contributed by atoms with Gasteiger partial charge in [-0.05, 0) is 48.7 Å². The van der Waals surface area contributed by atoms with Crippen LogP contribution in [0.2, 0.25) is 0 Å². The maximum Gasteiger partial charge on any atom is 0.118 e. The minimum atomic E-state index is 0. The summed E-state index contributed by atoms with van der Waals surface area (Å²) in [5.74, 6) is 0.885. The molecule has 0 aliphatic rings. The number of aryl methyl sites for hydroxylation is 1. The first-order valence-electron chi connectivity index (χ1n) is 9.45. The average molecular weight is 401 g/mol. The Bertz CT molecular complexity index is 834. The van der Waals surface area contributed by atoms with Gasteiger partial charge in [-0.25, -0.2) is 0 Å². The van der Waals surface area contributed by atoms with Crippen LogP contribution >= 0.6 is 12.4 Å². The first kappa shape index (κ1) is 21.9. The van der Waals surface area contributed by atoms with Crippen molar-refractivity contribution in [3.63, 3.8) is 0 Å². The second-order valence-corrected chi connectivity index (χ2v) is 6.83. The van der Waals surface area contributed by atoms with Crippen LogP contribution in [0.5, 0.6) is 5.75 Å². The highest BCUT2D eigenvalue weighted by molar-refractivity contribution is 5.85. The van der Waals surface area contributed by atoms with Crippen LogP contribution in [-0.4, -0.2) is 26.8 Å². The summed E-state index contributed by atoms with van der Waals surface area (Å²) >= 11 is 0. The lowest BCUT2D eigenvalue weighted by Gasteiger charge is -2.23. The van der Waals surface area contributed by atoms with E-state index in [4.69, 9.17) is 4.74 Å². The van der Waals surface area contributed by atoms with E-state index in [1.807, 2.05) is 30.7 Å². The molecule has 0 spiro atoms. The van der Waals surface area contributed by atoms with Crippen molar-refractivity contribution < 1.29 is 4.74 Å². The van der Waals surface area contributed by atoms with Crippen molar-refractivity contribution in [2.75, 3.05) is 7.11 Å². The van der Waals surface area contributed by atoms with E-state index in [0.717, 1.165) is 38.3 Å². The number of hydrogen-bond donors (Lipinski definition) is 0. The molecule has 0 saturated heterocycles. The molecule has 0 unspecified atom stereocenters. The van der Waals surface area contributed by atoms with E-state index in [9.17, 15) is 0 Å². The Hall–Kier alpha value is -2.37. The minimum Gasteiger partial charge on any atom is -0.497 e. The Balaban J connectivity index is 0.00000280. The van der Waals surface area contributed by atoms with Gasteiger partial charge < -0.3 is 4.74 Å². The number of pyridine rings is 1. The highest BCUT2D eigenvalue weighted by atomic mass is 35.5. The fraction of sp³-hybridized carbons (Fsp3) is 0.364. The molecule has 5 nitrogen and oxygen atoms in total. The monoisotopic (exact) mass is 400 g/mol. The van der Waals surface area contributed by atoms with E-state index in [0.29, 0.717) is 0 Å². The van der Waals surface area contributed by atoms with E-state index in [2.05, 4.69) is 57.8 Å². The molecule has 6 heteroatoms. The van der Waals surface area contributed by atoms with Crippen LogP contribution in [0, 0.1) is 6.92 Å². The lowest BCUT2D eigenvalue weighted by Crippen LogP contribution is -2.22. The molecule has 2 aromatic heterocycles. The Morgan fingerprint density at radius 1 is 0.964 bits per heavy atom. The molecule has 0 N–H and O–H groups in total. The van der Waals surface area contributed by atoms with Gasteiger partial charge in [-0.3, -0.25) is 14.6 Å². The molecule has 0 aliphatic heterocycles. The average Bonchev–Trinajstić information content (AvgIpc) is 3.03. The van der Waals surface area contributed by atoms with Gasteiger partial charge in [0, 0.05) is 49.8 Å². The van der Waals surface area contributed by atoms with Gasteiger partial charge >= 0.3 is 0 Å². The van der Waals surface area contributed by atoms with Crippen molar-refractivity contribution in [1.82, 2.24) is 19.7 Å². The minimum absolute atomic E-state index is 0. The maximum atomic E-state index is 5.28. The van der Waals surface area contributed by atoms with Gasteiger partial charge in [0.05, 0.1) is 13.3 Å². The van der Waals surface area contributed by atoms with E-state index in [1.54, 1.807) is 7.11 Å². The fourth-order valence-electron chi connectivity index (χ4n) is 3.22. The summed E-state index contributed by atoms with van der Waals surface area (Å²) < 4.78 is 7.38. The van der Waals surface area contributed by atoms with Crippen molar-refractivity contribution in [3.05, 3.63) is 77.4 Å². The normalized spacial score (nSPS) is 10.7. The standard InChI is InChI=1S/C22H28N4O.ClH/c1-4-13-26-18(2)21(14-24-26)17-25(16-20-9-11-23-12-10-20)15-19-5-7-22(27-3)8-6-19;/h5-12,14H,4,13,15-17H2,1-3H3;1H. The molecule has 2 heterocycles. The molecular formula is C22H29ClN4O. The molecule has 0 bridgehead atoms. The van der Waals surface area contributed by atoms with Crippen LogP contribution in [-0.2, 0) is 26.2 Å². The molecule has 28 heavy (non-hydrogen) atoms. The van der Waals surface area contributed by atoms with E-state index in [1.165, 1.54) is 22.4 Å². The summed E-state index contributed by atoms with van der Waals surface area (Å²) in [4.78, 5) is 6.57. The predicted octanol–water partition coefficient (Wildman–Crippen LogP) is 4.63. The highest BCUT2D eigenvalue weighted by Gasteiger charge is 2.13. The SMILES string of the molecule is CCCn1ncc(CN(Cc2ccncc2)Cc2ccc(OC)cc2)c1C.Cl. The largest absolute Gasteiger partial charge is 0.497 e. The van der Waals surface area contributed by atoms with Crippen molar-refractivity contribution >= 4 is 12.4 Å². The maximum absolute atomic E-state index is 5.28. The van der Waals surface area contributed by atoms with Gasteiger partial charge in [-0.15, -0.1) is 12.4 Å². The number of rotatable bonds is 9. The second kappa shape index (κ2) is 10.8. The Labute approximate surface area is 173 Å². The van der Waals surface area contributed by atoms with E-state index in [-0.39, 0.29) is 12.4 Å². The number of methoxy groups -OCH3 is 1. The van der Waals surface area contributed by atoms with Crippen LogP contribution in [0.25, 0.3) is 0 Å². The van der Waals surface area contributed by atoms with Gasteiger partial charge in [0.15, 0.2) is 0 Å². The summed E-state index contributed by atoms with van der Waals surface area (Å²) in [6, 6.07) is 12.5. The van der Waals surface area contributed by atoms with Crippen LogP contribution in [0.15, 0.2) is 55.0 Å². The number of benzene rings is 1. The number of ether oxygens (including phenoxy) is 1. The predicted molar refractivity (Wildman–Crippen MR) is 115 cm³/mol. The molecular weight excluding hydrogens is 372 g/mol. The third-order valence-electron chi connectivity index (χ3n) is 4.75. The summed E-state index contributed by atoms with van der Waals surface area (Å²) in [5.41, 5.74) is 5.07. The molecule has 0 aliphatic carbocycles. The topological polar surface area (TPSA) is 43.2 Å². The molecule has 0 saturated carbocycles.